The van der Waals surface area contributed by atoms with Crippen LogP contribution < -0.4 is 15.4 Å². The molecule has 1 aliphatic rings. The van der Waals surface area contributed by atoms with E-state index in [0.29, 0.717) is 0 Å². The molecular weight excluding hydrogens is 290 g/mol. The van der Waals surface area contributed by atoms with Crippen LogP contribution in [0.3, 0.4) is 0 Å². The van der Waals surface area contributed by atoms with Crippen molar-refractivity contribution < 1.29 is 0 Å². The predicted molar refractivity (Wildman–Crippen MR) is 98.7 cm³/mol. The molecule has 0 unspecified atom stereocenters. The van der Waals surface area contributed by atoms with E-state index in [1.165, 1.54) is 60.5 Å². The largest absolute Gasteiger partial charge is 0.388 e. The van der Waals surface area contributed by atoms with Gasteiger partial charge in [-0.25, -0.2) is 0 Å². The molecule has 0 aliphatic carbocycles. The first-order chi connectivity index (χ1) is 10.7. The van der Waals surface area contributed by atoms with E-state index in [1.807, 2.05) is 14.1 Å². The molecule has 22 heavy (non-hydrogen) atoms. The van der Waals surface area contributed by atoms with Crippen molar-refractivity contribution in [2.75, 3.05) is 32.5 Å². The number of benzene rings is 1. The summed E-state index contributed by atoms with van der Waals surface area (Å²) in [4.78, 5) is 1.29. The third-order valence-electron chi connectivity index (χ3n) is 5.04. The molecule has 1 saturated heterocycles. The van der Waals surface area contributed by atoms with E-state index in [2.05, 4.69) is 41.3 Å². The maximum absolute atomic E-state index is 3.47. The Balaban J connectivity index is 2.02. The van der Waals surface area contributed by atoms with Gasteiger partial charge in [-0.1, -0.05) is 6.92 Å². The molecule has 1 atom stereocenters. The topological polar surface area (TPSA) is 36.1 Å². The summed E-state index contributed by atoms with van der Waals surface area (Å²) in [5.41, 5.74) is 4.15. The third kappa shape index (κ3) is 4.64. The van der Waals surface area contributed by atoms with Gasteiger partial charge in [0, 0.05) is 17.6 Å². The predicted octanol–water partition coefficient (Wildman–Crippen LogP) is 3.83. The number of piperidine rings is 1. The van der Waals surface area contributed by atoms with Crippen LogP contribution in [0.15, 0.2) is 17.0 Å². The van der Waals surface area contributed by atoms with E-state index in [0.717, 1.165) is 11.8 Å². The number of aryl methyl sites for hydroxylation is 1. The lowest BCUT2D eigenvalue weighted by Crippen LogP contribution is -2.31. The fourth-order valence-corrected chi connectivity index (χ4v) is 4.09. The minimum atomic E-state index is 0.820. The Morgan fingerprint density at radius 1 is 1.27 bits per heavy atom. The van der Waals surface area contributed by atoms with Gasteiger partial charge in [-0.15, -0.1) is 0 Å². The van der Waals surface area contributed by atoms with Crippen LogP contribution in [0.2, 0.25) is 0 Å². The molecule has 0 aromatic heterocycles. The van der Waals surface area contributed by atoms with Crippen molar-refractivity contribution in [3.8, 4) is 0 Å². The zero-order valence-electron chi connectivity index (χ0n) is 14.5. The van der Waals surface area contributed by atoms with Crippen LogP contribution in [0.5, 0.6) is 0 Å². The van der Waals surface area contributed by atoms with Crippen LogP contribution in [-0.4, -0.2) is 27.2 Å². The van der Waals surface area contributed by atoms with E-state index in [4.69, 9.17) is 0 Å². The van der Waals surface area contributed by atoms with E-state index in [1.54, 1.807) is 11.9 Å². The Kier molecular flexibility index (Phi) is 7.06. The van der Waals surface area contributed by atoms with Gasteiger partial charge in [0.2, 0.25) is 0 Å². The minimum Gasteiger partial charge on any atom is -0.388 e. The number of hydrogen-bond acceptors (Lipinski definition) is 4. The highest BCUT2D eigenvalue weighted by Crippen LogP contribution is 2.30. The molecule has 0 bridgehead atoms. The first-order valence-electron chi connectivity index (χ1n) is 8.51. The molecule has 0 saturated carbocycles. The maximum atomic E-state index is 3.47. The van der Waals surface area contributed by atoms with Crippen molar-refractivity contribution in [3.63, 3.8) is 0 Å². The lowest BCUT2D eigenvalue weighted by molar-refractivity contribution is 0.263. The molecule has 0 radical (unpaired) electrons. The Hall–Kier alpha value is -0.710. The van der Waals surface area contributed by atoms with Gasteiger partial charge in [-0.2, -0.15) is 0 Å². The summed E-state index contributed by atoms with van der Waals surface area (Å²) >= 11 is 1.69. The molecule has 1 heterocycles. The van der Waals surface area contributed by atoms with Crippen LogP contribution in [0.25, 0.3) is 0 Å². The summed E-state index contributed by atoms with van der Waals surface area (Å²) in [5, 5.41) is 6.81. The highest BCUT2D eigenvalue weighted by Gasteiger charge is 2.20. The summed E-state index contributed by atoms with van der Waals surface area (Å²) in [6.45, 7) is 7.08. The fourth-order valence-electron chi connectivity index (χ4n) is 3.47. The molecule has 4 heteroatoms. The smallest absolute Gasteiger partial charge is 0.0381 e. The quantitative estimate of drug-likeness (QED) is 0.667. The number of nitrogens with one attached hydrogen (secondary N) is 3. The zero-order valence-corrected chi connectivity index (χ0v) is 15.3. The molecule has 3 nitrogen and oxygen atoms in total. The lowest BCUT2D eigenvalue weighted by atomic mass is 9.82. The standard InChI is InChI=1S/C18H31N3S/c1-13(15-7-9-21-10-8-15)5-6-16-11-17(22-20-4)12-18(19-3)14(16)2/h11-13,15,19-21H,5-10H2,1-4H3/t13-/m1/s1. The van der Waals surface area contributed by atoms with E-state index in [9.17, 15) is 0 Å². The van der Waals surface area contributed by atoms with Gasteiger partial charge in [0.1, 0.15) is 0 Å². The maximum Gasteiger partial charge on any atom is 0.0381 e. The van der Waals surface area contributed by atoms with Gasteiger partial charge in [-0.3, -0.25) is 4.72 Å². The second-order valence-electron chi connectivity index (χ2n) is 6.41. The summed E-state index contributed by atoms with van der Waals surface area (Å²) in [7, 11) is 3.99. The fraction of sp³-hybridized carbons (Fsp3) is 0.667. The molecule has 1 fully saturated rings. The average Bonchev–Trinajstić information content (AvgIpc) is 2.55. The molecule has 124 valence electrons. The van der Waals surface area contributed by atoms with Crippen LogP contribution in [0.1, 0.15) is 37.3 Å². The summed E-state index contributed by atoms with van der Waals surface area (Å²) in [6, 6.07) is 4.59. The minimum absolute atomic E-state index is 0.820. The Bertz CT molecular complexity index is 470. The van der Waals surface area contributed by atoms with Crippen LogP contribution in [0.4, 0.5) is 5.69 Å². The van der Waals surface area contributed by atoms with Crippen molar-refractivity contribution in [2.24, 2.45) is 11.8 Å². The van der Waals surface area contributed by atoms with Gasteiger partial charge in [0.25, 0.3) is 0 Å². The van der Waals surface area contributed by atoms with E-state index < -0.39 is 0 Å². The average molecular weight is 322 g/mol. The SMILES string of the molecule is CNSc1cc(CC[C@@H](C)C2CCNCC2)c(C)c(NC)c1. The number of anilines is 1. The normalized spacial score (nSPS) is 17.5. The van der Waals surface area contributed by atoms with Gasteiger partial charge in [0.15, 0.2) is 0 Å². The molecule has 0 amide bonds. The summed E-state index contributed by atoms with van der Waals surface area (Å²) < 4.78 is 3.18. The highest BCUT2D eigenvalue weighted by molar-refractivity contribution is 7.97. The Labute approximate surface area is 140 Å². The third-order valence-corrected chi connectivity index (χ3v) is 5.71. The molecule has 1 aliphatic heterocycles. The number of hydrogen-bond donors (Lipinski definition) is 3. The molecule has 3 N–H and O–H groups in total. The van der Waals surface area contributed by atoms with E-state index in [-0.39, 0.29) is 0 Å². The second kappa shape index (κ2) is 8.80. The van der Waals surface area contributed by atoms with Crippen LogP contribution in [0, 0.1) is 18.8 Å². The van der Waals surface area contributed by atoms with Gasteiger partial charge in [-0.05, 0) is 99.8 Å². The van der Waals surface area contributed by atoms with Crippen molar-refractivity contribution in [3.05, 3.63) is 23.3 Å². The van der Waals surface area contributed by atoms with Gasteiger partial charge in [0.05, 0.1) is 0 Å². The molecule has 1 aromatic rings. The molecule has 2 rings (SSSR count). The van der Waals surface area contributed by atoms with Crippen LogP contribution >= 0.6 is 11.9 Å². The Morgan fingerprint density at radius 3 is 2.64 bits per heavy atom. The molecular formula is C18H31N3S. The lowest BCUT2D eigenvalue weighted by Gasteiger charge is -2.28. The zero-order chi connectivity index (χ0) is 15.9. The second-order valence-corrected chi connectivity index (χ2v) is 7.50. The summed E-state index contributed by atoms with van der Waals surface area (Å²) in [6.07, 6.45) is 5.17. The van der Waals surface area contributed by atoms with Gasteiger partial charge >= 0.3 is 0 Å². The molecule has 1 aromatic carbocycles. The van der Waals surface area contributed by atoms with Crippen molar-refractivity contribution in [1.82, 2.24) is 10.0 Å². The molecule has 0 spiro atoms. The van der Waals surface area contributed by atoms with Crippen molar-refractivity contribution in [2.45, 2.75) is 44.4 Å². The van der Waals surface area contributed by atoms with E-state index >= 15 is 0 Å². The first-order valence-corrected chi connectivity index (χ1v) is 9.33. The van der Waals surface area contributed by atoms with Crippen LogP contribution in [-0.2, 0) is 6.42 Å². The summed E-state index contributed by atoms with van der Waals surface area (Å²) in [5.74, 6) is 1.72. The number of rotatable bonds is 7. The first kappa shape index (κ1) is 17.6. The highest BCUT2D eigenvalue weighted by atomic mass is 32.2. The van der Waals surface area contributed by atoms with Crippen molar-refractivity contribution >= 4 is 17.6 Å². The van der Waals surface area contributed by atoms with Crippen molar-refractivity contribution in [1.29, 1.82) is 0 Å². The van der Waals surface area contributed by atoms with Gasteiger partial charge < -0.3 is 10.6 Å². The Morgan fingerprint density at radius 2 is 2.00 bits per heavy atom. The monoisotopic (exact) mass is 321 g/mol.